The molecule has 0 unspecified atom stereocenters. The van der Waals surface area contributed by atoms with Crippen molar-refractivity contribution < 1.29 is 17.3 Å². The summed E-state index contributed by atoms with van der Waals surface area (Å²) < 4.78 is 39.0. The third-order valence-corrected chi connectivity index (χ3v) is 3.32. The Kier molecular flexibility index (Phi) is 4.66. The van der Waals surface area contributed by atoms with E-state index in [1.165, 1.54) is 33.6 Å². The zero-order chi connectivity index (χ0) is 16.3. The minimum atomic E-state index is -6.00. The second kappa shape index (κ2) is 6.31. The van der Waals surface area contributed by atoms with Crippen molar-refractivity contribution in [1.82, 2.24) is 5.32 Å². The lowest BCUT2D eigenvalue weighted by atomic mass is 9.89. The zero-order valence-electron chi connectivity index (χ0n) is 12.1. The van der Waals surface area contributed by atoms with Crippen molar-refractivity contribution in [2.24, 2.45) is 0 Å². The molecule has 2 aromatic carbocycles. The van der Waals surface area contributed by atoms with Gasteiger partial charge in [-0.15, -0.1) is 0 Å². The lowest BCUT2D eigenvalue weighted by molar-refractivity contribution is 0.368. The van der Waals surface area contributed by atoms with E-state index >= 15 is 0 Å². The number of hydrogen-bond donors (Lipinski definition) is 2. The van der Waals surface area contributed by atoms with E-state index < -0.39 is 7.25 Å². The largest absolute Gasteiger partial charge is 0.673 e. The summed E-state index contributed by atoms with van der Waals surface area (Å²) in [5.74, 6) is 0. The summed E-state index contributed by atoms with van der Waals surface area (Å²) in [6.07, 6.45) is 4.30. The van der Waals surface area contributed by atoms with Crippen LogP contribution in [0.2, 0.25) is 0 Å². The summed E-state index contributed by atoms with van der Waals surface area (Å²) in [4.78, 5) is 0. The second-order valence-electron chi connectivity index (χ2n) is 4.68. The summed E-state index contributed by atoms with van der Waals surface area (Å²) in [6.45, 7) is 0. The molecule has 0 fully saturated rings. The van der Waals surface area contributed by atoms with E-state index in [-0.39, 0.29) is 0 Å². The second-order valence-corrected chi connectivity index (χ2v) is 4.68. The molecule has 1 aliphatic rings. The van der Waals surface area contributed by atoms with Crippen LogP contribution < -0.4 is 10.6 Å². The number of nitrogens with one attached hydrogen (secondary N) is 2. The average Bonchev–Trinajstić information content (AvgIpc) is 2.46. The maximum atomic E-state index is 9.75. The number of hydrogen-bond acceptors (Lipinski definition) is 2. The van der Waals surface area contributed by atoms with Crippen LogP contribution >= 0.6 is 0 Å². The van der Waals surface area contributed by atoms with Crippen molar-refractivity contribution in [2.75, 3.05) is 19.4 Å². The van der Waals surface area contributed by atoms with Crippen LogP contribution in [-0.4, -0.2) is 21.3 Å². The summed E-state index contributed by atoms with van der Waals surface area (Å²) >= 11 is 0. The third kappa shape index (κ3) is 3.54. The van der Waals surface area contributed by atoms with Gasteiger partial charge in [0.15, 0.2) is 0 Å². The Labute approximate surface area is 126 Å². The molecule has 0 bridgehead atoms. The first-order valence-corrected chi connectivity index (χ1v) is 6.69. The molecule has 1 aliphatic carbocycles. The molecule has 116 valence electrons. The van der Waals surface area contributed by atoms with Crippen molar-refractivity contribution in [1.29, 1.82) is 0 Å². The van der Waals surface area contributed by atoms with E-state index in [2.05, 4.69) is 53.1 Å². The highest BCUT2D eigenvalue weighted by atomic mass is 19.5. The van der Waals surface area contributed by atoms with Crippen molar-refractivity contribution >= 4 is 29.8 Å². The third-order valence-electron chi connectivity index (χ3n) is 3.32. The summed E-state index contributed by atoms with van der Waals surface area (Å²) in [6, 6.07) is 11.9. The minimum Gasteiger partial charge on any atom is -0.418 e. The maximum Gasteiger partial charge on any atom is 0.673 e. The molecule has 3 rings (SSSR count). The van der Waals surface area contributed by atoms with Gasteiger partial charge in [-0.3, -0.25) is 5.32 Å². The van der Waals surface area contributed by atoms with E-state index in [4.69, 9.17) is 0 Å². The fourth-order valence-electron chi connectivity index (χ4n) is 2.50. The molecule has 2 N–H and O–H groups in total. The number of anilines is 1. The van der Waals surface area contributed by atoms with Crippen LogP contribution in [0.1, 0.15) is 11.1 Å². The molecule has 0 amide bonds. The van der Waals surface area contributed by atoms with Gasteiger partial charge in [0.25, 0.3) is 0 Å². The predicted octanol–water partition coefficient (Wildman–Crippen LogP) is 4.31. The first kappa shape index (κ1) is 16.2. The smallest absolute Gasteiger partial charge is 0.418 e. The van der Waals surface area contributed by atoms with Gasteiger partial charge < -0.3 is 22.6 Å². The van der Waals surface area contributed by atoms with Crippen LogP contribution in [0.25, 0.3) is 16.8 Å². The molecule has 2 aromatic rings. The Balaban J connectivity index is 0.000000309. The summed E-state index contributed by atoms with van der Waals surface area (Å²) in [5, 5.41) is 9.15. The monoisotopic (exact) mass is 310 g/mol. The first-order chi connectivity index (χ1) is 10.3. The van der Waals surface area contributed by atoms with Gasteiger partial charge in [0.05, 0.1) is 10.9 Å². The average molecular weight is 310 g/mol. The highest BCUT2D eigenvalue weighted by Crippen LogP contribution is 2.37. The van der Waals surface area contributed by atoms with Gasteiger partial charge in [-0.1, -0.05) is 6.07 Å². The standard InChI is InChI=1S/C15H15N2.BF4/c1-16-12-8-6-10-4-3-5-11-7-9-13(17-2)15(12)14(10)11;2-1(3,4)5/h3-9,16-17H,1-2H3;/q+1;-1. The molecule has 0 atom stereocenters. The van der Waals surface area contributed by atoms with E-state index in [9.17, 15) is 17.3 Å². The Morgan fingerprint density at radius 2 is 1.68 bits per heavy atom. The number of benzene rings is 2. The molecular weight excluding hydrogens is 295 g/mol. The lowest BCUT2D eigenvalue weighted by Crippen LogP contribution is -2.18. The Morgan fingerprint density at radius 3 is 2.27 bits per heavy atom. The van der Waals surface area contributed by atoms with E-state index in [1.54, 1.807) is 0 Å². The van der Waals surface area contributed by atoms with Crippen LogP contribution in [0.4, 0.5) is 23.0 Å². The topological polar surface area (TPSA) is 24.1 Å². The van der Waals surface area contributed by atoms with Gasteiger partial charge in [-0.25, -0.2) is 0 Å². The van der Waals surface area contributed by atoms with Crippen molar-refractivity contribution in [3.8, 4) is 0 Å². The predicted molar refractivity (Wildman–Crippen MR) is 84.1 cm³/mol. The van der Waals surface area contributed by atoms with Crippen molar-refractivity contribution in [3.05, 3.63) is 53.6 Å². The molecule has 0 heterocycles. The van der Waals surface area contributed by atoms with Crippen LogP contribution in [0.5, 0.6) is 0 Å². The minimum absolute atomic E-state index is 1.17. The van der Waals surface area contributed by atoms with Gasteiger partial charge in [0.2, 0.25) is 0 Å². The SMILES string of the molecule is CNc1ccc2cccc3c2c1[C+](NC)C=C3.F[B-](F)(F)F. The van der Waals surface area contributed by atoms with Gasteiger partial charge in [-0.2, -0.15) is 0 Å². The molecule has 0 aliphatic heterocycles. The van der Waals surface area contributed by atoms with Gasteiger partial charge in [0.1, 0.15) is 17.3 Å². The Bertz CT molecular complexity index is 692. The molecular formula is C15H15BF4N2. The fraction of sp³-hybridized carbons (Fsp3) is 0.133. The number of halogens is 4. The van der Waals surface area contributed by atoms with E-state index in [0.29, 0.717) is 0 Å². The van der Waals surface area contributed by atoms with Gasteiger partial charge in [-0.05, 0) is 25.2 Å². The summed E-state index contributed by atoms with van der Waals surface area (Å²) in [7, 11) is -2.07. The molecule has 22 heavy (non-hydrogen) atoms. The molecule has 7 heteroatoms. The molecule has 0 saturated carbocycles. The van der Waals surface area contributed by atoms with E-state index in [0.717, 1.165) is 0 Å². The van der Waals surface area contributed by atoms with Crippen LogP contribution in [-0.2, 0) is 0 Å². The van der Waals surface area contributed by atoms with E-state index in [1.807, 2.05) is 14.1 Å². The number of likely N-dealkylation sites (N-methyl/N-ethyl adjacent to an activating group) is 1. The highest BCUT2D eigenvalue weighted by molar-refractivity contribution is 6.50. The molecule has 0 aromatic heterocycles. The van der Waals surface area contributed by atoms with Crippen molar-refractivity contribution in [2.45, 2.75) is 0 Å². The molecule has 0 spiro atoms. The highest BCUT2D eigenvalue weighted by Gasteiger charge is 2.27. The maximum absolute atomic E-state index is 9.75. The first-order valence-electron chi connectivity index (χ1n) is 6.69. The zero-order valence-corrected chi connectivity index (χ0v) is 12.1. The normalized spacial score (nSPS) is 12.9. The molecule has 0 radical (unpaired) electrons. The molecule has 2 nitrogen and oxygen atoms in total. The fourth-order valence-corrected chi connectivity index (χ4v) is 2.50. The lowest BCUT2D eigenvalue weighted by Gasteiger charge is -2.16. The van der Waals surface area contributed by atoms with Gasteiger partial charge in [0, 0.05) is 30.7 Å². The Hall–Kier alpha value is -2.15. The summed E-state index contributed by atoms with van der Waals surface area (Å²) in [5.41, 5.74) is 3.72. The number of rotatable bonds is 2. The van der Waals surface area contributed by atoms with Crippen LogP contribution in [0.3, 0.4) is 0 Å². The molecule has 0 saturated heterocycles. The van der Waals surface area contributed by atoms with Crippen molar-refractivity contribution in [3.63, 3.8) is 0 Å². The van der Waals surface area contributed by atoms with Gasteiger partial charge >= 0.3 is 7.25 Å². The van der Waals surface area contributed by atoms with Crippen LogP contribution in [0.15, 0.2) is 36.4 Å². The van der Waals surface area contributed by atoms with Crippen LogP contribution in [0, 0.1) is 6.04 Å². The Morgan fingerprint density at radius 1 is 1.00 bits per heavy atom. The quantitative estimate of drug-likeness (QED) is 0.491.